The molecule has 0 radical (unpaired) electrons. The lowest BCUT2D eigenvalue weighted by atomic mass is 9.87. The molecule has 1 saturated heterocycles. The minimum Gasteiger partial charge on any atom is -0.371 e. The summed E-state index contributed by atoms with van der Waals surface area (Å²) in [5, 5.41) is 6.85. The van der Waals surface area contributed by atoms with Gasteiger partial charge in [0.05, 0.1) is 0 Å². The van der Waals surface area contributed by atoms with Crippen LogP contribution in [0.15, 0.2) is 29.3 Å². The Morgan fingerprint density at radius 1 is 1.10 bits per heavy atom. The quantitative estimate of drug-likeness (QED) is 0.328. The van der Waals surface area contributed by atoms with Gasteiger partial charge in [0.15, 0.2) is 5.96 Å². The third-order valence-electron chi connectivity index (χ3n) is 5.42. The number of aliphatic imine (C=N–C) groups is 1. The minimum absolute atomic E-state index is 0. The summed E-state index contributed by atoms with van der Waals surface area (Å²) >= 11 is 0. The molecule has 0 aliphatic carbocycles. The van der Waals surface area contributed by atoms with Crippen LogP contribution in [0.2, 0.25) is 0 Å². The van der Waals surface area contributed by atoms with Crippen molar-refractivity contribution in [2.75, 3.05) is 37.3 Å². The van der Waals surface area contributed by atoms with Crippen LogP contribution in [0.1, 0.15) is 59.9 Å². The number of hydrogen-bond acceptors (Lipinski definition) is 3. The van der Waals surface area contributed by atoms with Crippen LogP contribution < -0.4 is 15.5 Å². The second kappa shape index (κ2) is 11.7. The van der Waals surface area contributed by atoms with Crippen molar-refractivity contribution in [3.05, 3.63) is 29.8 Å². The summed E-state index contributed by atoms with van der Waals surface area (Å²) in [4.78, 5) is 6.80. The third-order valence-corrected chi connectivity index (χ3v) is 7.36. The maximum atomic E-state index is 12.2. The van der Waals surface area contributed by atoms with Crippen molar-refractivity contribution >= 4 is 46.4 Å². The molecular weight excluding hydrogens is 507 g/mol. The van der Waals surface area contributed by atoms with Gasteiger partial charge in [0.25, 0.3) is 0 Å². The van der Waals surface area contributed by atoms with E-state index in [0.29, 0.717) is 18.3 Å². The number of halogens is 1. The average molecular weight is 549 g/mol. The Balaban J connectivity index is 0.00000450. The summed E-state index contributed by atoms with van der Waals surface area (Å²) in [5.41, 5.74) is 2.88. The summed E-state index contributed by atoms with van der Waals surface area (Å²) < 4.78 is 12.0. The third kappa shape index (κ3) is 8.36. The lowest BCUT2D eigenvalue weighted by Gasteiger charge is -2.35. The fourth-order valence-corrected chi connectivity index (χ4v) is 4.31. The predicted molar refractivity (Wildman–Crippen MR) is 143 cm³/mol. The van der Waals surface area contributed by atoms with Crippen molar-refractivity contribution in [1.82, 2.24) is 10.6 Å². The van der Waals surface area contributed by atoms with E-state index >= 15 is 0 Å². The fourth-order valence-electron chi connectivity index (χ4n) is 3.41. The maximum Gasteiger partial charge on any atom is 0.191 e. The number of piperidine rings is 1. The van der Waals surface area contributed by atoms with Crippen LogP contribution in [0.4, 0.5) is 5.69 Å². The molecule has 1 aliphatic heterocycles. The molecule has 0 aromatic heterocycles. The van der Waals surface area contributed by atoms with Crippen molar-refractivity contribution in [3.8, 4) is 0 Å². The molecule has 1 heterocycles. The molecule has 2 rings (SSSR count). The fraction of sp³-hybridized carbons (Fsp3) is 0.696. The van der Waals surface area contributed by atoms with Gasteiger partial charge in [-0.15, -0.1) is 24.0 Å². The van der Waals surface area contributed by atoms with Gasteiger partial charge in [-0.3, -0.25) is 9.20 Å². The van der Waals surface area contributed by atoms with Gasteiger partial charge in [-0.2, -0.15) is 0 Å². The highest BCUT2D eigenvalue weighted by Crippen LogP contribution is 2.26. The second-order valence-corrected chi connectivity index (χ2v) is 12.2. The number of nitrogens with zero attached hydrogens (tertiary/aromatic N) is 2. The first-order valence-electron chi connectivity index (χ1n) is 10.7. The zero-order valence-electron chi connectivity index (χ0n) is 19.7. The summed E-state index contributed by atoms with van der Waals surface area (Å²) in [6, 6.07) is 9.44. The molecule has 1 atom stereocenters. The standard InChI is InChI=1S/C23H40N4OS.HI/c1-22(2,3)18-8-10-20(11-9-18)27-15-12-19(13-16-27)26-21(24-7)25-14-17-29(28)23(4,5)6;/h8-11,19H,12-17H2,1-7H3,(H2,24,25,26);1H. The monoisotopic (exact) mass is 548 g/mol. The van der Waals surface area contributed by atoms with Crippen molar-refractivity contribution in [2.24, 2.45) is 4.99 Å². The lowest BCUT2D eigenvalue weighted by molar-refractivity contribution is 0.462. The number of nitrogens with one attached hydrogen (secondary N) is 2. The molecule has 0 amide bonds. The van der Waals surface area contributed by atoms with E-state index in [1.54, 1.807) is 7.05 Å². The van der Waals surface area contributed by atoms with E-state index in [0.717, 1.165) is 31.9 Å². The van der Waals surface area contributed by atoms with Gasteiger partial charge in [-0.25, -0.2) is 0 Å². The first kappa shape index (κ1) is 27.2. The van der Waals surface area contributed by atoms with Gasteiger partial charge >= 0.3 is 0 Å². The Morgan fingerprint density at radius 2 is 1.67 bits per heavy atom. The van der Waals surface area contributed by atoms with E-state index in [4.69, 9.17) is 0 Å². The highest BCUT2D eigenvalue weighted by molar-refractivity contribution is 14.0. The van der Waals surface area contributed by atoms with E-state index < -0.39 is 10.8 Å². The topological polar surface area (TPSA) is 56.7 Å². The van der Waals surface area contributed by atoms with Crippen LogP contribution in [-0.2, 0) is 16.2 Å². The van der Waals surface area contributed by atoms with Gasteiger partial charge in [0, 0.05) is 59.7 Å². The summed E-state index contributed by atoms with van der Waals surface area (Å²) in [5.74, 6) is 1.44. The molecule has 1 fully saturated rings. The lowest BCUT2D eigenvalue weighted by Crippen LogP contribution is -2.49. The van der Waals surface area contributed by atoms with E-state index in [1.165, 1.54) is 11.3 Å². The average Bonchev–Trinajstić information content (AvgIpc) is 2.66. The SMILES string of the molecule is CN=C(NCCS(=O)C(C)(C)C)NC1CCN(c2ccc(C(C)(C)C)cc2)CC1.I. The largest absolute Gasteiger partial charge is 0.371 e. The number of benzene rings is 1. The van der Waals surface area contributed by atoms with Crippen LogP contribution in [0, 0.1) is 0 Å². The summed E-state index contributed by atoms with van der Waals surface area (Å²) in [6.07, 6.45) is 2.16. The minimum atomic E-state index is -0.848. The van der Waals surface area contributed by atoms with E-state index in [1.807, 2.05) is 20.8 Å². The van der Waals surface area contributed by atoms with E-state index in [2.05, 4.69) is 65.6 Å². The van der Waals surface area contributed by atoms with Crippen LogP contribution in [0.5, 0.6) is 0 Å². The first-order valence-corrected chi connectivity index (χ1v) is 12.0. The first-order chi connectivity index (χ1) is 13.5. The summed E-state index contributed by atoms with van der Waals surface area (Å²) in [6.45, 7) is 15.5. The Morgan fingerprint density at radius 3 is 2.13 bits per heavy atom. The van der Waals surface area contributed by atoms with Gasteiger partial charge < -0.3 is 15.5 Å². The Bertz CT molecular complexity index is 699. The molecule has 5 nitrogen and oxygen atoms in total. The molecule has 0 spiro atoms. The smallest absolute Gasteiger partial charge is 0.191 e. The van der Waals surface area contributed by atoms with Gasteiger partial charge in [0.2, 0.25) is 0 Å². The van der Waals surface area contributed by atoms with Gasteiger partial charge in [-0.1, -0.05) is 32.9 Å². The Labute approximate surface area is 203 Å². The summed E-state index contributed by atoms with van der Waals surface area (Å²) in [7, 11) is 0.946. The molecule has 172 valence electrons. The molecule has 0 bridgehead atoms. The molecule has 30 heavy (non-hydrogen) atoms. The van der Waals surface area contributed by atoms with Gasteiger partial charge in [-0.05, 0) is 56.7 Å². The zero-order valence-corrected chi connectivity index (χ0v) is 22.9. The predicted octanol–water partition coefficient (Wildman–Crippen LogP) is 4.28. The molecule has 1 unspecified atom stereocenters. The second-order valence-electron chi connectivity index (χ2n) is 9.86. The highest BCUT2D eigenvalue weighted by Gasteiger charge is 2.22. The number of anilines is 1. The van der Waals surface area contributed by atoms with Crippen LogP contribution >= 0.6 is 24.0 Å². The zero-order chi connectivity index (χ0) is 21.7. The van der Waals surface area contributed by atoms with Crippen molar-refractivity contribution in [3.63, 3.8) is 0 Å². The number of hydrogen-bond donors (Lipinski definition) is 2. The van der Waals surface area contributed by atoms with Crippen molar-refractivity contribution in [2.45, 2.75) is 70.6 Å². The van der Waals surface area contributed by atoms with Crippen molar-refractivity contribution in [1.29, 1.82) is 0 Å². The van der Waals surface area contributed by atoms with Crippen molar-refractivity contribution < 1.29 is 4.21 Å². The highest BCUT2D eigenvalue weighted by atomic mass is 127. The number of rotatable bonds is 5. The molecule has 2 N–H and O–H groups in total. The maximum absolute atomic E-state index is 12.2. The van der Waals surface area contributed by atoms with Crippen LogP contribution in [0.25, 0.3) is 0 Å². The Kier molecular flexibility index (Phi) is 10.6. The van der Waals surface area contributed by atoms with Crippen LogP contribution in [-0.4, -0.2) is 53.4 Å². The molecule has 1 aliphatic rings. The molecule has 7 heteroatoms. The number of guanidine groups is 1. The van der Waals surface area contributed by atoms with Gasteiger partial charge in [0.1, 0.15) is 0 Å². The molecule has 0 saturated carbocycles. The normalized spacial score (nSPS) is 17.3. The van der Waals surface area contributed by atoms with Crippen LogP contribution in [0.3, 0.4) is 0 Å². The molecule has 1 aromatic rings. The van der Waals surface area contributed by atoms with E-state index in [9.17, 15) is 4.21 Å². The Hall–Kier alpha value is -0.830. The molecular formula is C23H41IN4OS. The van der Waals surface area contributed by atoms with E-state index in [-0.39, 0.29) is 34.1 Å². The molecule has 1 aromatic carbocycles.